The summed E-state index contributed by atoms with van der Waals surface area (Å²) in [5.41, 5.74) is 6.45. The van der Waals surface area contributed by atoms with Gasteiger partial charge in [0.15, 0.2) is 0 Å². The standard InChI is InChI=1S/C23H19Br2N3O2.C22H17Br2N3O3/c24-13-4-6-19-15(9-13)17(11-26-19)21-3-1-2-8-28(21)23(30)22(29)18-12-27-20-7-5-14(25)10-16(18)20;23-12-1-3-18-14(7-12)16(9-25-18)20-11-30-6-5-27(20)22(29)21(28)17-10-26-19-4-2-13(24)8-15(17)19/h4-7,9-12,21,26-27H,1-3,8H2;1-4,7-10,20,25-26H,5-6,11H2. The quantitative estimate of drug-likeness (QED) is 0.0967. The number of aromatic nitrogens is 4. The molecule has 4 aromatic heterocycles. The van der Waals surface area contributed by atoms with Gasteiger partial charge in [0.2, 0.25) is 0 Å². The molecule has 0 spiro atoms. The van der Waals surface area contributed by atoms with Crippen LogP contribution in [-0.2, 0) is 14.3 Å². The highest BCUT2D eigenvalue weighted by molar-refractivity contribution is 9.11. The van der Waals surface area contributed by atoms with Gasteiger partial charge >= 0.3 is 0 Å². The summed E-state index contributed by atoms with van der Waals surface area (Å²) >= 11 is 13.9. The number of ether oxygens (including phenoxy) is 1. The average molecular weight is 1060 g/mol. The minimum atomic E-state index is -0.521. The largest absolute Gasteiger partial charge is 0.377 e. The molecule has 4 N–H and O–H groups in total. The van der Waals surface area contributed by atoms with Crippen molar-refractivity contribution < 1.29 is 23.9 Å². The van der Waals surface area contributed by atoms with Gasteiger partial charge < -0.3 is 34.5 Å². The molecule has 2 aliphatic rings. The van der Waals surface area contributed by atoms with E-state index in [0.717, 1.165) is 91.9 Å². The van der Waals surface area contributed by atoms with Gasteiger partial charge in [-0.15, -0.1) is 0 Å². The van der Waals surface area contributed by atoms with Gasteiger partial charge in [0, 0.05) is 105 Å². The molecule has 2 saturated heterocycles. The molecule has 2 unspecified atom stereocenters. The number of morpholine rings is 1. The van der Waals surface area contributed by atoms with E-state index in [-0.39, 0.29) is 12.1 Å². The minimum Gasteiger partial charge on any atom is -0.377 e. The number of benzene rings is 4. The number of halogens is 4. The number of nitrogens with zero attached hydrogens (tertiary/aromatic N) is 2. The highest BCUT2D eigenvalue weighted by atomic mass is 79.9. The minimum absolute atomic E-state index is 0.116. The summed E-state index contributed by atoms with van der Waals surface area (Å²) in [7, 11) is 0. The summed E-state index contributed by atoms with van der Waals surface area (Å²) in [6, 6.07) is 22.9. The SMILES string of the molecule is O=C(C(=O)N1CCCCC1c1c[nH]c2ccc(Br)cc12)c1c[nH]c2ccc(Br)cc12.O=C(C(=O)N1CCOCC1c1c[nH]c2ccc(Br)cc12)c1c[nH]c2ccc(Br)cc12. The van der Waals surface area contributed by atoms with Gasteiger partial charge in [0.1, 0.15) is 0 Å². The lowest BCUT2D eigenvalue weighted by molar-refractivity contribution is -0.135. The number of rotatable bonds is 6. The second-order valence-electron chi connectivity index (χ2n) is 14.9. The maximum absolute atomic E-state index is 13.4. The molecule has 4 aromatic carbocycles. The van der Waals surface area contributed by atoms with E-state index in [9.17, 15) is 19.2 Å². The Kier molecular flexibility index (Phi) is 11.5. The van der Waals surface area contributed by atoms with Crippen molar-refractivity contribution in [2.24, 2.45) is 0 Å². The van der Waals surface area contributed by atoms with E-state index >= 15 is 0 Å². The smallest absolute Gasteiger partial charge is 0.295 e. The molecule has 2 aliphatic heterocycles. The van der Waals surface area contributed by atoms with Crippen LogP contribution in [0.1, 0.15) is 63.2 Å². The summed E-state index contributed by atoms with van der Waals surface area (Å²) in [5.74, 6) is -1.95. The monoisotopic (exact) mass is 1060 g/mol. The Bertz CT molecular complexity index is 2780. The average Bonchev–Trinajstić information content (AvgIpc) is 4.07. The number of H-pyrrole nitrogens is 4. The first kappa shape index (κ1) is 40.6. The molecule has 2 amide bonds. The third-order valence-corrected chi connectivity index (χ3v) is 13.4. The number of piperidine rings is 1. The molecule has 0 aliphatic carbocycles. The lowest BCUT2D eigenvalue weighted by atomic mass is 9.94. The normalized spacial score (nSPS) is 17.0. The van der Waals surface area contributed by atoms with Crippen LogP contribution in [0.4, 0.5) is 0 Å². The maximum Gasteiger partial charge on any atom is 0.295 e. The molecule has 2 fully saturated rings. The number of ketones is 2. The summed E-state index contributed by atoms with van der Waals surface area (Å²) in [4.78, 5) is 69.2. The van der Waals surface area contributed by atoms with E-state index in [4.69, 9.17) is 4.74 Å². The molecule has 8 aromatic rings. The van der Waals surface area contributed by atoms with Crippen LogP contribution in [0.25, 0.3) is 43.6 Å². The van der Waals surface area contributed by atoms with E-state index in [1.807, 2.05) is 79.1 Å². The van der Waals surface area contributed by atoms with Crippen molar-refractivity contribution in [2.75, 3.05) is 26.3 Å². The number of amides is 2. The molecule has 0 saturated carbocycles. The van der Waals surface area contributed by atoms with Crippen LogP contribution in [0.15, 0.2) is 115 Å². The van der Waals surface area contributed by atoms with Gasteiger partial charge in [0.25, 0.3) is 23.4 Å². The Hall–Kier alpha value is -4.80. The predicted molar refractivity (Wildman–Crippen MR) is 246 cm³/mol. The van der Waals surface area contributed by atoms with Crippen LogP contribution in [-0.4, -0.2) is 79.4 Å². The van der Waals surface area contributed by atoms with Gasteiger partial charge in [-0.05, 0) is 97.6 Å². The molecular weight excluding hydrogens is 1020 g/mol. The molecular formula is C45H36Br4N6O5. The summed E-state index contributed by atoms with van der Waals surface area (Å²) < 4.78 is 9.34. The predicted octanol–water partition coefficient (Wildman–Crippen LogP) is 11.1. The van der Waals surface area contributed by atoms with E-state index in [1.54, 1.807) is 22.2 Å². The van der Waals surface area contributed by atoms with Crippen molar-refractivity contribution in [1.29, 1.82) is 0 Å². The van der Waals surface area contributed by atoms with Crippen LogP contribution in [0, 0.1) is 0 Å². The Morgan fingerprint density at radius 1 is 0.517 bits per heavy atom. The van der Waals surface area contributed by atoms with Crippen molar-refractivity contribution >= 4 is 131 Å². The van der Waals surface area contributed by atoms with E-state index in [2.05, 4.69) is 89.7 Å². The fraction of sp³-hybridized carbons (Fsp3) is 0.200. The zero-order valence-corrected chi connectivity index (χ0v) is 38.1. The number of nitrogens with one attached hydrogen (secondary N) is 4. The van der Waals surface area contributed by atoms with Crippen LogP contribution in [0.5, 0.6) is 0 Å². The molecule has 11 nitrogen and oxygen atoms in total. The lowest BCUT2D eigenvalue weighted by Crippen LogP contribution is -2.46. The summed E-state index contributed by atoms with van der Waals surface area (Å²) in [5, 5.41) is 3.56. The highest BCUT2D eigenvalue weighted by Gasteiger charge is 2.36. The first-order valence-electron chi connectivity index (χ1n) is 19.4. The zero-order valence-electron chi connectivity index (χ0n) is 31.8. The number of hydrogen-bond acceptors (Lipinski definition) is 5. The molecule has 304 valence electrons. The van der Waals surface area contributed by atoms with Crippen molar-refractivity contribution in [3.05, 3.63) is 138 Å². The van der Waals surface area contributed by atoms with Crippen molar-refractivity contribution in [2.45, 2.75) is 31.3 Å². The van der Waals surface area contributed by atoms with E-state index < -0.39 is 23.4 Å². The van der Waals surface area contributed by atoms with E-state index in [0.29, 0.717) is 37.4 Å². The first-order chi connectivity index (χ1) is 29.0. The topological polar surface area (TPSA) is 147 Å². The maximum atomic E-state index is 13.4. The molecule has 0 bridgehead atoms. The van der Waals surface area contributed by atoms with Crippen LogP contribution in [0.2, 0.25) is 0 Å². The van der Waals surface area contributed by atoms with Crippen molar-refractivity contribution in [1.82, 2.24) is 29.7 Å². The fourth-order valence-corrected chi connectivity index (χ4v) is 9.88. The van der Waals surface area contributed by atoms with Crippen LogP contribution < -0.4 is 0 Å². The number of fused-ring (bicyclic) bond motifs is 4. The Labute approximate surface area is 377 Å². The zero-order chi connectivity index (χ0) is 41.7. The Morgan fingerprint density at radius 2 is 0.933 bits per heavy atom. The van der Waals surface area contributed by atoms with Gasteiger partial charge in [0.05, 0.1) is 36.4 Å². The van der Waals surface area contributed by atoms with E-state index in [1.165, 1.54) is 0 Å². The third kappa shape index (κ3) is 7.70. The van der Waals surface area contributed by atoms with Gasteiger partial charge in [-0.2, -0.15) is 0 Å². The Balaban J connectivity index is 0.000000154. The Morgan fingerprint density at radius 3 is 1.43 bits per heavy atom. The van der Waals surface area contributed by atoms with Crippen molar-refractivity contribution in [3.63, 3.8) is 0 Å². The third-order valence-electron chi connectivity index (χ3n) is 11.4. The molecule has 2 atom stereocenters. The fourth-order valence-electron chi connectivity index (χ4n) is 8.44. The molecule has 60 heavy (non-hydrogen) atoms. The molecule has 10 rings (SSSR count). The highest BCUT2D eigenvalue weighted by Crippen LogP contribution is 2.37. The number of carbonyl (C=O) groups is 4. The van der Waals surface area contributed by atoms with Crippen molar-refractivity contribution in [3.8, 4) is 0 Å². The molecule has 15 heteroatoms. The van der Waals surface area contributed by atoms with Gasteiger partial charge in [-0.3, -0.25) is 19.2 Å². The second kappa shape index (κ2) is 16.9. The number of aromatic amines is 4. The number of hydrogen-bond donors (Lipinski definition) is 4. The summed E-state index contributed by atoms with van der Waals surface area (Å²) in [6.07, 6.45) is 9.89. The van der Waals surface area contributed by atoms with Crippen LogP contribution >= 0.6 is 63.7 Å². The first-order valence-corrected chi connectivity index (χ1v) is 22.6. The second-order valence-corrected chi connectivity index (χ2v) is 18.6. The molecule has 0 radical (unpaired) electrons. The summed E-state index contributed by atoms with van der Waals surface area (Å²) in [6.45, 7) is 1.70. The van der Waals surface area contributed by atoms with Gasteiger partial charge in [-0.1, -0.05) is 63.7 Å². The number of likely N-dealkylation sites (tertiary alicyclic amines) is 1. The lowest BCUT2D eigenvalue weighted by Gasteiger charge is -2.35. The number of Topliss-reactive ketones (excluding diaryl/α,β-unsaturated/α-hetero) is 2. The number of carbonyl (C=O) groups excluding carboxylic acids is 4. The van der Waals surface area contributed by atoms with Gasteiger partial charge in [-0.25, -0.2) is 0 Å². The molecule has 6 heterocycles. The van der Waals surface area contributed by atoms with Crippen LogP contribution in [0.3, 0.4) is 0 Å².